The van der Waals surface area contributed by atoms with E-state index in [0.29, 0.717) is 0 Å². The van der Waals surface area contributed by atoms with Gasteiger partial charge in [-0.2, -0.15) is 0 Å². The zero-order valence-corrected chi connectivity index (χ0v) is 11.3. The van der Waals surface area contributed by atoms with Crippen molar-refractivity contribution in [3.05, 3.63) is 65.0 Å². The Morgan fingerprint density at radius 1 is 1.11 bits per heavy atom. The van der Waals surface area contributed by atoms with E-state index >= 15 is 0 Å². The minimum atomic E-state index is 0.270. The van der Waals surface area contributed by atoms with E-state index in [-0.39, 0.29) is 6.04 Å². The summed E-state index contributed by atoms with van der Waals surface area (Å²) in [5.41, 5.74) is 5.17. The lowest BCUT2D eigenvalue weighted by Gasteiger charge is -2.15. The third-order valence-corrected chi connectivity index (χ3v) is 3.45. The number of hydrogen-bond acceptors (Lipinski definition) is 2. The topological polar surface area (TPSA) is 24.9 Å². The first-order valence-corrected chi connectivity index (χ1v) is 6.38. The Balaban J connectivity index is 2.02. The number of benzene rings is 1. The second-order valence-corrected chi connectivity index (χ2v) is 4.72. The van der Waals surface area contributed by atoms with Gasteiger partial charge < -0.3 is 5.32 Å². The van der Waals surface area contributed by atoms with Crippen LogP contribution in [0.15, 0.2) is 42.6 Å². The van der Waals surface area contributed by atoms with Crippen molar-refractivity contribution in [2.45, 2.75) is 33.4 Å². The molecule has 0 saturated carbocycles. The molecule has 0 aliphatic rings. The zero-order valence-electron chi connectivity index (χ0n) is 11.3. The molecule has 1 aromatic heterocycles. The number of pyridine rings is 1. The average Bonchev–Trinajstić information content (AvgIpc) is 2.41. The van der Waals surface area contributed by atoms with E-state index in [1.165, 1.54) is 16.7 Å². The highest BCUT2D eigenvalue weighted by molar-refractivity contribution is 5.33. The zero-order chi connectivity index (χ0) is 13.0. The third kappa shape index (κ3) is 2.96. The third-order valence-electron chi connectivity index (χ3n) is 3.45. The number of nitrogens with one attached hydrogen (secondary N) is 1. The van der Waals surface area contributed by atoms with Gasteiger partial charge in [0.1, 0.15) is 0 Å². The number of aryl methyl sites for hydroxylation is 1. The molecular formula is C16H20N2. The van der Waals surface area contributed by atoms with Gasteiger partial charge in [-0.15, -0.1) is 0 Å². The maximum absolute atomic E-state index is 4.37. The van der Waals surface area contributed by atoms with Crippen LogP contribution in [0.4, 0.5) is 0 Å². The average molecular weight is 240 g/mol. The Morgan fingerprint density at radius 3 is 2.67 bits per heavy atom. The van der Waals surface area contributed by atoms with Crippen molar-refractivity contribution < 1.29 is 0 Å². The molecule has 1 N–H and O–H groups in total. The fourth-order valence-electron chi connectivity index (χ4n) is 2.00. The van der Waals surface area contributed by atoms with Gasteiger partial charge in [0.25, 0.3) is 0 Å². The van der Waals surface area contributed by atoms with Crippen molar-refractivity contribution in [2.24, 2.45) is 0 Å². The van der Waals surface area contributed by atoms with Crippen LogP contribution in [0.2, 0.25) is 0 Å². The minimum Gasteiger partial charge on any atom is -0.305 e. The quantitative estimate of drug-likeness (QED) is 0.884. The Hall–Kier alpha value is -1.67. The first-order chi connectivity index (χ1) is 8.68. The molecular weight excluding hydrogens is 220 g/mol. The lowest BCUT2D eigenvalue weighted by Crippen LogP contribution is -2.19. The Bertz CT molecular complexity index is 506. The molecule has 0 aliphatic heterocycles. The molecule has 0 saturated heterocycles. The molecule has 0 aliphatic carbocycles. The second-order valence-electron chi connectivity index (χ2n) is 4.72. The summed E-state index contributed by atoms with van der Waals surface area (Å²) in [5.74, 6) is 0. The molecule has 0 unspecified atom stereocenters. The summed E-state index contributed by atoms with van der Waals surface area (Å²) in [6, 6.07) is 12.7. The van der Waals surface area contributed by atoms with E-state index < -0.39 is 0 Å². The predicted molar refractivity (Wildman–Crippen MR) is 75.4 cm³/mol. The summed E-state index contributed by atoms with van der Waals surface area (Å²) >= 11 is 0. The van der Waals surface area contributed by atoms with Gasteiger partial charge in [-0.3, -0.25) is 4.98 Å². The molecule has 1 heterocycles. The normalized spacial score (nSPS) is 12.4. The van der Waals surface area contributed by atoms with Crippen LogP contribution in [0.5, 0.6) is 0 Å². The van der Waals surface area contributed by atoms with Crippen LogP contribution in [0.3, 0.4) is 0 Å². The van der Waals surface area contributed by atoms with Crippen LogP contribution in [-0.2, 0) is 6.54 Å². The van der Waals surface area contributed by atoms with Gasteiger partial charge >= 0.3 is 0 Å². The standard InChI is InChI=1S/C16H20N2/c1-12-7-6-8-15(13(12)2)11-18-14(3)16-9-4-5-10-17-16/h4-10,14,18H,11H2,1-3H3/t14-/m1/s1. The van der Waals surface area contributed by atoms with Gasteiger partial charge in [0, 0.05) is 18.8 Å². The van der Waals surface area contributed by atoms with E-state index in [1.54, 1.807) is 0 Å². The summed E-state index contributed by atoms with van der Waals surface area (Å²) in [4.78, 5) is 4.37. The maximum atomic E-state index is 4.37. The number of aromatic nitrogens is 1. The van der Waals surface area contributed by atoms with Crippen molar-refractivity contribution in [1.29, 1.82) is 0 Å². The second kappa shape index (κ2) is 5.78. The first kappa shape index (κ1) is 12.8. The van der Waals surface area contributed by atoms with E-state index in [9.17, 15) is 0 Å². The molecule has 0 radical (unpaired) electrons. The minimum absolute atomic E-state index is 0.270. The summed E-state index contributed by atoms with van der Waals surface area (Å²) in [7, 11) is 0. The van der Waals surface area contributed by atoms with Gasteiger partial charge in [-0.1, -0.05) is 24.3 Å². The SMILES string of the molecule is Cc1cccc(CN[C@H](C)c2ccccn2)c1C. The van der Waals surface area contributed by atoms with Gasteiger partial charge in [0.15, 0.2) is 0 Å². The molecule has 0 spiro atoms. The fraction of sp³-hybridized carbons (Fsp3) is 0.312. The maximum Gasteiger partial charge on any atom is 0.0570 e. The van der Waals surface area contributed by atoms with Crippen LogP contribution >= 0.6 is 0 Å². The van der Waals surface area contributed by atoms with E-state index in [1.807, 2.05) is 18.3 Å². The fourth-order valence-corrected chi connectivity index (χ4v) is 2.00. The largest absolute Gasteiger partial charge is 0.305 e. The van der Waals surface area contributed by atoms with E-state index in [4.69, 9.17) is 0 Å². The number of hydrogen-bond donors (Lipinski definition) is 1. The molecule has 0 bridgehead atoms. The lowest BCUT2D eigenvalue weighted by molar-refractivity contribution is 0.560. The highest BCUT2D eigenvalue weighted by Crippen LogP contribution is 2.14. The van der Waals surface area contributed by atoms with Gasteiger partial charge in [0.2, 0.25) is 0 Å². The van der Waals surface area contributed by atoms with E-state index in [0.717, 1.165) is 12.2 Å². The van der Waals surface area contributed by atoms with Crippen LogP contribution in [0, 0.1) is 13.8 Å². The summed E-state index contributed by atoms with van der Waals surface area (Å²) in [6.07, 6.45) is 1.84. The predicted octanol–water partition coefficient (Wildman–Crippen LogP) is 3.55. The molecule has 0 amide bonds. The van der Waals surface area contributed by atoms with Crippen LogP contribution in [0.1, 0.15) is 35.3 Å². The summed E-state index contributed by atoms with van der Waals surface area (Å²) in [6.45, 7) is 7.36. The Labute approximate surface area is 109 Å². The molecule has 2 heteroatoms. The lowest BCUT2D eigenvalue weighted by atomic mass is 10.0. The van der Waals surface area contributed by atoms with Gasteiger partial charge in [-0.25, -0.2) is 0 Å². The number of nitrogens with zero attached hydrogens (tertiary/aromatic N) is 1. The molecule has 2 nitrogen and oxygen atoms in total. The van der Waals surface area contributed by atoms with Gasteiger partial charge in [0.05, 0.1) is 5.69 Å². The molecule has 18 heavy (non-hydrogen) atoms. The van der Waals surface area contributed by atoms with Crippen molar-refractivity contribution in [3.8, 4) is 0 Å². The smallest absolute Gasteiger partial charge is 0.0570 e. The molecule has 2 rings (SSSR count). The van der Waals surface area contributed by atoms with Gasteiger partial charge in [-0.05, 0) is 49.6 Å². The van der Waals surface area contributed by atoms with Crippen LogP contribution in [0.25, 0.3) is 0 Å². The highest BCUT2D eigenvalue weighted by atomic mass is 14.9. The molecule has 1 aromatic carbocycles. The molecule has 0 fully saturated rings. The molecule has 1 atom stereocenters. The van der Waals surface area contributed by atoms with Crippen LogP contribution < -0.4 is 5.32 Å². The summed E-state index contributed by atoms with van der Waals surface area (Å²) in [5, 5.41) is 3.52. The Morgan fingerprint density at radius 2 is 1.94 bits per heavy atom. The molecule has 94 valence electrons. The highest BCUT2D eigenvalue weighted by Gasteiger charge is 2.06. The number of rotatable bonds is 4. The monoisotopic (exact) mass is 240 g/mol. The first-order valence-electron chi connectivity index (χ1n) is 6.38. The summed E-state index contributed by atoms with van der Waals surface area (Å²) < 4.78 is 0. The van der Waals surface area contributed by atoms with Crippen molar-refractivity contribution in [1.82, 2.24) is 10.3 Å². The van der Waals surface area contributed by atoms with Crippen molar-refractivity contribution in [2.75, 3.05) is 0 Å². The van der Waals surface area contributed by atoms with Crippen LogP contribution in [-0.4, -0.2) is 4.98 Å². The van der Waals surface area contributed by atoms with Crippen molar-refractivity contribution in [3.63, 3.8) is 0 Å². The molecule has 2 aromatic rings. The van der Waals surface area contributed by atoms with Crippen molar-refractivity contribution >= 4 is 0 Å². The Kier molecular flexibility index (Phi) is 4.11. The van der Waals surface area contributed by atoms with E-state index in [2.05, 4.69) is 55.3 Å².